The average molecular weight is 255 g/mol. The van der Waals surface area contributed by atoms with E-state index < -0.39 is 0 Å². The van der Waals surface area contributed by atoms with Crippen LogP contribution < -0.4 is 5.32 Å². The molecule has 1 aromatic heterocycles. The largest absolute Gasteiger partial charge is 0.380 e. The van der Waals surface area contributed by atoms with E-state index in [1.54, 1.807) is 6.20 Å². The lowest BCUT2D eigenvalue weighted by Crippen LogP contribution is -2.22. The molecule has 2 rings (SSSR count). The Kier molecular flexibility index (Phi) is 3.40. The first-order valence-corrected chi connectivity index (χ1v) is 6.02. The van der Waals surface area contributed by atoms with Crippen LogP contribution in [0, 0.1) is 0 Å². The number of nitrogens with zero attached hydrogens (tertiary/aromatic N) is 1. The summed E-state index contributed by atoms with van der Waals surface area (Å²) in [4.78, 5) is 4.20. The third-order valence-corrected chi connectivity index (χ3v) is 3.36. The average Bonchev–Trinajstić information content (AvgIpc) is 2.23. The van der Waals surface area contributed by atoms with Gasteiger partial charge in [-0.05, 0) is 40.9 Å². The lowest BCUT2D eigenvalue weighted by atomic mass is 9.95. The highest BCUT2D eigenvalue weighted by Gasteiger charge is 2.13. The van der Waals surface area contributed by atoms with Crippen LogP contribution in [-0.4, -0.2) is 11.0 Å². The van der Waals surface area contributed by atoms with Crippen molar-refractivity contribution in [3.63, 3.8) is 0 Å². The molecule has 1 saturated carbocycles. The molecule has 1 heterocycles. The van der Waals surface area contributed by atoms with E-state index in [4.69, 9.17) is 0 Å². The Labute approximate surface area is 93.3 Å². The molecule has 1 fully saturated rings. The van der Waals surface area contributed by atoms with E-state index in [0.29, 0.717) is 6.04 Å². The summed E-state index contributed by atoms with van der Waals surface area (Å²) in [7, 11) is 0. The highest BCUT2D eigenvalue weighted by Crippen LogP contribution is 2.24. The minimum absolute atomic E-state index is 0.643. The maximum Gasteiger partial charge on any atom is 0.129 e. The predicted molar refractivity (Wildman–Crippen MR) is 62.4 cm³/mol. The van der Waals surface area contributed by atoms with Crippen molar-refractivity contribution < 1.29 is 0 Å². The van der Waals surface area contributed by atoms with Gasteiger partial charge in [-0.25, -0.2) is 4.98 Å². The van der Waals surface area contributed by atoms with Crippen molar-refractivity contribution in [2.75, 3.05) is 5.32 Å². The third-order valence-electron chi connectivity index (χ3n) is 2.72. The van der Waals surface area contributed by atoms with Gasteiger partial charge in [-0.1, -0.05) is 19.3 Å². The lowest BCUT2D eigenvalue weighted by molar-refractivity contribution is 0.462. The molecule has 1 aromatic rings. The van der Waals surface area contributed by atoms with E-state index in [1.807, 2.05) is 6.07 Å². The quantitative estimate of drug-likeness (QED) is 0.817. The van der Waals surface area contributed by atoms with Gasteiger partial charge in [0.25, 0.3) is 0 Å². The van der Waals surface area contributed by atoms with Gasteiger partial charge in [-0.3, -0.25) is 0 Å². The van der Waals surface area contributed by atoms with Crippen LogP contribution in [0.5, 0.6) is 0 Å². The number of nitrogens with one attached hydrogen (secondary N) is 1. The van der Waals surface area contributed by atoms with Crippen LogP contribution >= 0.6 is 15.9 Å². The molecular weight excluding hydrogens is 240 g/mol. The Morgan fingerprint density at radius 2 is 2.07 bits per heavy atom. The third kappa shape index (κ3) is 2.47. The summed E-state index contributed by atoms with van der Waals surface area (Å²) in [6.45, 7) is 0. The molecule has 2 nitrogen and oxygen atoms in total. The second-order valence-corrected chi connectivity index (χ2v) is 4.57. The van der Waals surface area contributed by atoms with Crippen molar-refractivity contribution in [1.29, 1.82) is 0 Å². The summed E-state index contributed by atoms with van der Waals surface area (Å²) >= 11 is 3.45. The fourth-order valence-electron chi connectivity index (χ4n) is 1.96. The van der Waals surface area contributed by atoms with Gasteiger partial charge in [0.05, 0.1) is 5.69 Å². The van der Waals surface area contributed by atoms with Gasteiger partial charge in [0.1, 0.15) is 4.60 Å². The highest BCUT2D eigenvalue weighted by molar-refractivity contribution is 9.10. The molecule has 0 saturated heterocycles. The van der Waals surface area contributed by atoms with E-state index >= 15 is 0 Å². The molecule has 0 radical (unpaired) electrons. The maximum absolute atomic E-state index is 4.20. The Morgan fingerprint density at radius 1 is 1.29 bits per heavy atom. The van der Waals surface area contributed by atoms with Crippen molar-refractivity contribution in [3.05, 3.63) is 22.9 Å². The predicted octanol–water partition coefficient (Wildman–Crippen LogP) is 3.59. The van der Waals surface area contributed by atoms with E-state index in [2.05, 4.69) is 32.3 Å². The zero-order valence-corrected chi connectivity index (χ0v) is 9.76. The number of rotatable bonds is 2. The summed E-state index contributed by atoms with van der Waals surface area (Å²) in [6, 6.07) is 4.69. The summed E-state index contributed by atoms with van der Waals surface area (Å²) in [5, 5.41) is 3.54. The number of pyridine rings is 1. The van der Waals surface area contributed by atoms with E-state index in [0.717, 1.165) is 10.3 Å². The van der Waals surface area contributed by atoms with Gasteiger partial charge in [0.15, 0.2) is 0 Å². The second kappa shape index (κ2) is 4.78. The molecule has 0 atom stereocenters. The Balaban J connectivity index is 1.99. The van der Waals surface area contributed by atoms with Gasteiger partial charge in [-0.15, -0.1) is 0 Å². The van der Waals surface area contributed by atoms with Crippen molar-refractivity contribution in [3.8, 4) is 0 Å². The van der Waals surface area contributed by atoms with Crippen molar-refractivity contribution in [2.24, 2.45) is 0 Å². The van der Waals surface area contributed by atoms with Crippen LogP contribution in [0.15, 0.2) is 22.9 Å². The molecule has 3 heteroatoms. The topological polar surface area (TPSA) is 24.9 Å². The molecule has 76 valence electrons. The molecule has 1 aliphatic rings. The molecule has 0 aliphatic heterocycles. The number of anilines is 1. The van der Waals surface area contributed by atoms with Crippen LogP contribution in [0.2, 0.25) is 0 Å². The molecular formula is C11H15BrN2. The Hall–Kier alpha value is -0.570. The number of hydrogen-bond donors (Lipinski definition) is 1. The first kappa shape index (κ1) is 9.97. The minimum Gasteiger partial charge on any atom is -0.380 e. The molecule has 0 bridgehead atoms. The van der Waals surface area contributed by atoms with Gasteiger partial charge in [0, 0.05) is 12.2 Å². The van der Waals surface area contributed by atoms with Crippen LogP contribution in [0.25, 0.3) is 0 Å². The van der Waals surface area contributed by atoms with Crippen molar-refractivity contribution in [1.82, 2.24) is 4.98 Å². The summed E-state index contributed by atoms with van der Waals surface area (Å²) in [6.07, 6.45) is 8.50. The second-order valence-electron chi connectivity index (χ2n) is 3.82. The molecule has 0 aromatic carbocycles. The normalized spacial score (nSPS) is 18.1. The molecule has 1 N–H and O–H groups in total. The SMILES string of the molecule is Brc1ncccc1NC1CCCCC1. The highest BCUT2D eigenvalue weighted by atomic mass is 79.9. The number of hydrogen-bond acceptors (Lipinski definition) is 2. The molecule has 0 amide bonds. The lowest BCUT2D eigenvalue weighted by Gasteiger charge is -2.24. The summed E-state index contributed by atoms with van der Waals surface area (Å²) in [5.41, 5.74) is 1.12. The number of halogens is 1. The Morgan fingerprint density at radius 3 is 2.79 bits per heavy atom. The molecule has 1 aliphatic carbocycles. The number of aromatic nitrogens is 1. The molecule has 0 unspecified atom stereocenters. The maximum atomic E-state index is 4.20. The fourth-order valence-corrected chi connectivity index (χ4v) is 2.33. The first-order valence-electron chi connectivity index (χ1n) is 5.23. The van der Waals surface area contributed by atoms with Gasteiger partial charge >= 0.3 is 0 Å². The van der Waals surface area contributed by atoms with Crippen LogP contribution in [-0.2, 0) is 0 Å². The summed E-state index contributed by atoms with van der Waals surface area (Å²) in [5.74, 6) is 0. The Bertz CT molecular complexity index is 295. The first-order chi connectivity index (χ1) is 6.86. The van der Waals surface area contributed by atoms with Gasteiger partial charge in [-0.2, -0.15) is 0 Å². The summed E-state index contributed by atoms with van der Waals surface area (Å²) < 4.78 is 0.922. The van der Waals surface area contributed by atoms with Gasteiger partial charge < -0.3 is 5.32 Å². The van der Waals surface area contributed by atoms with Crippen LogP contribution in [0.4, 0.5) is 5.69 Å². The van der Waals surface area contributed by atoms with Crippen LogP contribution in [0.1, 0.15) is 32.1 Å². The zero-order valence-electron chi connectivity index (χ0n) is 8.17. The van der Waals surface area contributed by atoms with Crippen LogP contribution in [0.3, 0.4) is 0 Å². The van der Waals surface area contributed by atoms with Gasteiger partial charge in [0.2, 0.25) is 0 Å². The molecule has 0 spiro atoms. The van der Waals surface area contributed by atoms with E-state index in [1.165, 1.54) is 32.1 Å². The molecule has 14 heavy (non-hydrogen) atoms. The van der Waals surface area contributed by atoms with Crippen molar-refractivity contribution >= 4 is 21.6 Å². The minimum atomic E-state index is 0.643. The fraction of sp³-hybridized carbons (Fsp3) is 0.545. The zero-order chi connectivity index (χ0) is 9.80. The standard InChI is InChI=1S/C11H15BrN2/c12-11-10(7-4-8-13-11)14-9-5-2-1-3-6-9/h4,7-9,14H,1-3,5-6H2. The monoisotopic (exact) mass is 254 g/mol. The van der Waals surface area contributed by atoms with Crippen molar-refractivity contribution in [2.45, 2.75) is 38.1 Å². The van der Waals surface area contributed by atoms with E-state index in [-0.39, 0.29) is 0 Å². The smallest absolute Gasteiger partial charge is 0.129 e. The van der Waals surface area contributed by atoms with E-state index in [9.17, 15) is 0 Å².